The van der Waals surface area contributed by atoms with Crippen molar-refractivity contribution in [1.29, 1.82) is 0 Å². The van der Waals surface area contributed by atoms with Gasteiger partial charge in [-0.2, -0.15) is 4.31 Å². The van der Waals surface area contributed by atoms with Crippen molar-refractivity contribution in [1.82, 2.24) is 9.62 Å². The first-order valence-electron chi connectivity index (χ1n) is 7.11. The largest absolute Gasteiger partial charge is 0.495 e. The lowest BCUT2D eigenvalue weighted by atomic mass is 10.2. The van der Waals surface area contributed by atoms with Gasteiger partial charge in [0, 0.05) is 20.2 Å². The molecule has 0 spiro atoms. The number of rotatable bonds is 8. The Hall–Kier alpha value is -1.64. The Morgan fingerprint density at radius 3 is 2.57 bits per heavy atom. The van der Waals surface area contributed by atoms with Gasteiger partial charge in [0.15, 0.2) is 0 Å². The molecule has 1 amide bonds. The summed E-state index contributed by atoms with van der Waals surface area (Å²) in [7, 11) is 0.464. The Labute approximate surface area is 137 Å². The number of amides is 1. The fraction of sp³-hybridized carbons (Fsp3) is 0.533. The molecule has 0 aliphatic rings. The van der Waals surface area contributed by atoms with E-state index in [4.69, 9.17) is 9.47 Å². The predicted molar refractivity (Wildman–Crippen MR) is 87.0 cm³/mol. The van der Waals surface area contributed by atoms with Crippen LogP contribution >= 0.6 is 0 Å². The number of nitrogens with one attached hydrogen (secondary N) is 1. The van der Waals surface area contributed by atoms with Crippen molar-refractivity contribution in [3.8, 4) is 5.75 Å². The molecule has 0 unspecified atom stereocenters. The van der Waals surface area contributed by atoms with Gasteiger partial charge in [-0.1, -0.05) is 6.07 Å². The average molecular weight is 344 g/mol. The molecule has 0 heterocycles. The molecule has 1 atom stereocenters. The van der Waals surface area contributed by atoms with E-state index in [1.165, 1.54) is 27.3 Å². The summed E-state index contributed by atoms with van der Waals surface area (Å²) in [5, 5.41) is 2.67. The Morgan fingerprint density at radius 1 is 1.35 bits per heavy atom. The van der Waals surface area contributed by atoms with Gasteiger partial charge in [-0.15, -0.1) is 0 Å². The van der Waals surface area contributed by atoms with E-state index in [2.05, 4.69) is 5.32 Å². The zero-order valence-corrected chi connectivity index (χ0v) is 14.9. The Morgan fingerprint density at radius 2 is 2.00 bits per heavy atom. The molecular weight excluding hydrogens is 320 g/mol. The molecule has 0 bridgehead atoms. The lowest BCUT2D eigenvalue weighted by Crippen LogP contribution is -2.43. The van der Waals surface area contributed by atoms with Crippen molar-refractivity contribution in [3.05, 3.63) is 23.8 Å². The minimum Gasteiger partial charge on any atom is -0.495 e. The van der Waals surface area contributed by atoms with Crippen molar-refractivity contribution in [2.75, 3.05) is 34.4 Å². The van der Waals surface area contributed by atoms with Crippen LogP contribution in [0.15, 0.2) is 23.1 Å². The van der Waals surface area contributed by atoms with E-state index in [-0.39, 0.29) is 23.2 Å². The molecule has 0 aliphatic carbocycles. The highest BCUT2D eigenvalue weighted by Crippen LogP contribution is 2.26. The summed E-state index contributed by atoms with van der Waals surface area (Å²) < 4.78 is 36.3. The fourth-order valence-electron chi connectivity index (χ4n) is 2.05. The zero-order valence-electron chi connectivity index (χ0n) is 14.1. The lowest BCUT2D eigenvalue weighted by Gasteiger charge is -2.20. The maximum absolute atomic E-state index is 12.7. The second kappa shape index (κ2) is 8.28. The van der Waals surface area contributed by atoms with Crippen LogP contribution in [0.4, 0.5) is 0 Å². The predicted octanol–water partition coefficient (Wildman–Crippen LogP) is 0.775. The summed E-state index contributed by atoms with van der Waals surface area (Å²) in [5.74, 6) is -0.150. The fourth-order valence-corrected chi connectivity index (χ4v) is 3.42. The molecule has 130 valence electrons. The number of sulfonamides is 1. The molecule has 23 heavy (non-hydrogen) atoms. The first-order chi connectivity index (χ1) is 10.7. The van der Waals surface area contributed by atoms with Crippen LogP contribution in [0.5, 0.6) is 5.75 Å². The van der Waals surface area contributed by atoms with Crippen molar-refractivity contribution in [3.63, 3.8) is 0 Å². The number of carbonyl (C=O) groups is 1. The average Bonchev–Trinajstić information content (AvgIpc) is 2.47. The van der Waals surface area contributed by atoms with Crippen molar-refractivity contribution in [2.45, 2.75) is 24.8 Å². The molecule has 7 nitrogen and oxygen atoms in total. The van der Waals surface area contributed by atoms with Crippen molar-refractivity contribution in [2.24, 2.45) is 0 Å². The maximum atomic E-state index is 12.7. The number of ether oxygens (including phenoxy) is 2. The molecule has 1 rings (SSSR count). The molecule has 0 radical (unpaired) electrons. The number of hydrogen-bond donors (Lipinski definition) is 1. The summed E-state index contributed by atoms with van der Waals surface area (Å²) in [5.41, 5.74) is 0.788. The van der Waals surface area contributed by atoms with Gasteiger partial charge in [0.2, 0.25) is 15.9 Å². The quantitative estimate of drug-likeness (QED) is 0.753. The smallest absolute Gasteiger partial charge is 0.246 e. The van der Waals surface area contributed by atoms with Gasteiger partial charge in [-0.05, 0) is 31.5 Å². The number of methoxy groups -OCH3 is 2. The third kappa shape index (κ3) is 5.19. The number of hydrogen-bond acceptors (Lipinski definition) is 5. The van der Waals surface area contributed by atoms with Crippen LogP contribution < -0.4 is 10.1 Å². The van der Waals surface area contributed by atoms with E-state index in [0.29, 0.717) is 6.61 Å². The molecule has 1 N–H and O–H groups in total. The lowest BCUT2D eigenvalue weighted by molar-refractivity contribution is -0.122. The van der Waals surface area contributed by atoms with Crippen LogP contribution in [-0.2, 0) is 19.6 Å². The van der Waals surface area contributed by atoms with E-state index in [9.17, 15) is 13.2 Å². The van der Waals surface area contributed by atoms with Gasteiger partial charge in [-0.3, -0.25) is 4.79 Å². The Balaban J connectivity index is 2.92. The number of likely N-dealkylation sites (N-methyl/N-ethyl adjacent to an activating group) is 1. The maximum Gasteiger partial charge on any atom is 0.246 e. The van der Waals surface area contributed by atoms with E-state index in [1.807, 2.05) is 0 Å². The third-order valence-electron chi connectivity index (χ3n) is 3.20. The van der Waals surface area contributed by atoms with Crippen LogP contribution in [0.2, 0.25) is 0 Å². The first kappa shape index (κ1) is 19.4. The summed E-state index contributed by atoms with van der Waals surface area (Å²) in [4.78, 5) is 12.0. The molecule has 1 aromatic carbocycles. The molecule has 0 saturated heterocycles. The highest BCUT2D eigenvalue weighted by Gasteiger charge is 2.26. The summed E-state index contributed by atoms with van der Waals surface area (Å²) in [6.07, 6.45) is 0. The van der Waals surface area contributed by atoms with E-state index in [0.717, 1.165) is 9.87 Å². The van der Waals surface area contributed by atoms with Gasteiger partial charge >= 0.3 is 0 Å². The number of carbonyl (C=O) groups excluding carboxylic acids is 1. The number of aryl methyl sites for hydroxylation is 1. The molecule has 8 heteroatoms. The van der Waals surface area contributed by atoms with E-state index < -0.39 is 15.9 Å². The number of benzene rings is 1. The van der Waals surface area contributed by atoms with Gasteiger partial charge in [0.25, 0.3) is 0 Å². The van der Waals surface area contributed by atoms with Crippen LogP contribution in [0, 0.1) is 6.92 Å². The highest BCUT2D eigenvalue weighted by atomic mass is 32.2. The third-order valence-corrected chi connectivity index (χ3v) is 5.02. The number of nitrogens with zero attached hydrogens (tertiary/aromatic N) is 1. The normalized spacial score (nSPS) is 13.0. The van der Waals surface area contributed by atoms with Gasteiger partial charge in [0.1, 0.15) is 10.6 Å². The monoisotopic (exact) mass is 344 g/mol. The van der Waals surface area contributed by atoms with Crippen molar-refractivity contribution < 1.29 is 22.7 Å². The van der Waals surface area contributed by atoms with Crippen LogP contribution in [0.3, 0.4) is 0 Å². The van der Waals surface area contributed by atoms with Gasteiger partial charge < -0.3 is 14.8 Å². The van der Waals surface area contributed by atoms with Crippen LogP contribution in [-0.4, -0.2) is 59.1 Å². The topological polar surface area (TPSA) is 84.9 Å². The summed E-state index contributed by atoms with van der Waals surface area (Å²) in [6.45, 7) is 3.64. The minimum absolute atomic E-state index is 0.0419. The molecular formula is C15H24N2O5S. The Kier molecular flexibility index (Phi) is 6.99. The standard InChI is InChI=1S/C15H24N2O5S/c1-11-6-7-13(22-5)14(8-11)23(19,20)17(3)9-15(18)16-12(2)10-21-4/h6-8,12H,9-10H2,1-5H3,(H,16,18)/t12-/m1/s1. The van der Waals surface area contributed by atoms with E-state index >= 15 is 0 Å². The SMILES string of the molecule is COC[C@@H](C)NC(=O)CN(C)S(=O)(=O)c1cc(C)ccc1OC. The van der Waals surface area contributed by atoms with Gasteiger partial charge in [0.05, 0.1) is 20.3 Å². The summed E-state index contributed by atoms with van der Waals surface area (Å²) >= 11 is 0. The van der Waals surface area contributed by atoms with E-state index in [1.54, 1.807) is 26.0 Å². The molecule has 1 aromatic rings. The molecule has 0 aliphatic heterocycles. The first-order valence-corrected chi connectivity index (χ1v) is 8.55. The second-order valence-corrected chi connectivity index (χ2v) is 7.35. The van der Waals surface area contributed by atoms with Gasteiger partial charge in [-0.25, -0.2) is 8.42 Å². The van der Waals surface area contributed by atoms with Crippen LogP contribution in [0.1, 0.15) is 12.5 Å². The molecule has 0 fully saturated rings. The second-order valence-electron chi connectivity index (χ2n) is 5.34. The van der Waals surface area contributed by atoms with Crippen LogP contribution in [0.25, 0.3) is 0 Å². The summed E-state index contributed by atoms with van der Waals surface area (Å²) in [6, 6.07) is 4.68. The minimum atomic E-state index is -3.83. The highest BCUT2D eigenvalue weighted by molar-refractivity contribution is 7.89. The molecule has 0 saturated carbocycles. The zero-order chi connectivity index (χ0) is 17.6. The van der Waals surface area contributed by atoms with Crippen molar-refractivity contribution >= 4 is 15.9 Å². The Bertz CT molecular complexity index is 645. The molecule has 0 aromatic heterocycles.